The molecular weight excluding hydrogens is 365 g/mol. The number of aliphatic imine (C=N–C) groups is 1. The Morgan fingerprint density at radius 1 is 1.21 bits per heavy atom. The van der Waals surface area contributed by atoms with Crippen LogP contribution in [0.5, 0.6) is 0 Å². The first-order chi connectivity index (χ1) is 14.1. The molecule has 1 aliphatic carbocycles. The summed E-state index contributed by atoms with van der Waals surface area (Å²) in [6.45, 7) is 2.16. The largest absolute Gasteiger partial charge is 0.480 e. The van der Waals surface area contributed by atoms with E-state index in [4.69, 9.17) is 4.74 Å². The Balaban J connectivity index is 1.77. The van der Waals surface area contributed by atoms with Gasteiger partial charge in [0, 0.05) is 35.2 Å². The Morgan fingerprint density at radius 2 is 2.03 bits per heavy atom. The number of benzene rings is 1. The van der Waals surface area contributed by atoms with Gasteiger partial charge in [0.15, 0.2) is 0 Å². The molecule has 0 spiro atoms. The van der Waals surface area contributed by atoms with Crippen molar-refractivity contribution >= 4 is 11.5 Å². The smallest absolute Gasteiger partial charge is 0.237 e. The van der Waals surface area contributed by atoms with Crippen LogP contribution < -0.4 is 0 Å². The molecule has 2 atom stereocenters. The predicted molar refractivity (Wildman–Crippen MR) is 112 cm³/mol. The zero-order valence-corrected chi connectivity index (χ0v) is 16.5. The Labute approximate surface area is 170 Å². The maximum Gasteiger partial charge on any atom is 0.237 e. The van der Waals surface area contributed by atoms with E-state index in [1.807, 2.05) is 18.3 Å². The van der Waals surface area contributed by atoms with Crippen molar-refractivity contribution in [1.29, 1.82) is 5.26 Å². The molecule has 5 heteroatoms. The van der Waals surface area contributed by atoms with Gasteiger partial charge in [-0.05, 0) is 30.9 Å². The third-order valence-electron chi connectivity index (χ3n) is 5.39. The lowest BCUT2D eigenvalue weighted by atomic mass is 9.86. The number of nitrogens with zero attached hydrogens (tertiary/aromatic N) is 3. The first-order valence-corrected chi connectivity index (χ1v) is 9.69. The van der Waals surface area contributed by atoms with Crippen molar-refractivity contribution in [3.63, 3.8) is 0 Å². The maximum absolute atomic E-state index is 14.8. The topological polar surface area (TPSA) is 48.6 Å². The van der Waals surface area contributed by atoms with E-state index in [2.05, 4.69) is 35.0 Å². The van der Waals surface area contributed by atoms with E-state index in [0.717, 1.165) is 17.8 Å². The molecule has 0 fully saturated rings. The molecule has 0 radical (unpaired) electrons. The van der Waals surface area contributed by atoms with Gasteiger partial charge in [-0.25, -0.2) is 9.38 Å². The Kier molecular flexibility index (Phi) is 5.18. The summed E-state index contributed by atoms with van der Waals surface area (Å²) in [6.07, 6.45) is 13.0. The summed E-state index contributed by atoms with van der Waals surface area (Å²) >= 11 is 0. The van der Waals surface area contributed by atoms with Crippen LogP contribution in [0.25, 0.3) is 5.57 Å². The molecule has 2 unspecified atom stereocenters. The fourth-order valence-corrected chi connectivity index (χ4v) is 3.95. The van der Waals surface area contributed by atoms with E-state index in [1.165, 1.54) is 0 Å². The van der Waals surface area contributed by atoms with Crippen LogP contribution in [0.1, 0.15) is 30.9 Å². The highest BCUT2D eigenvalue weighted by Gasteiger charge is 2.30. The maximum atomic E-state index is 14.8. The highest BCUT2D eigenvalue weighted by atomic mass is 19.1. The van der Waals surface area contributed by atoms with Gasteiger partial charge in [-0.15, -0.1) is 0 Å². The summed E-state index contributed by atoms with van der Waals surface area (Å²) in [7, 11) is 1.62. The van der Waals surface area contributed by atoms with Gasteiger partial charge < -0.3 is 9.64 Å². The number of rotatable bonds is 2. The number of hydrogen-bond donors (Lipinski definition) is 0. The number of nitriles is 1. The van der Waals surface area contributed by atoms with Crippen LogP contribution >= 0.6 is 0 Å². The SMILES string of the molecule is COC1=NC=CN2C1=CCC(C)C=C2C1C=C(c2ccccc2C#N)C(F)=CC1. The van der Waals surface area contributed by atoms with E-state index >= 15 is 0 Å². The number of allylic oxidation sites excluding steroid dienone is 6. The van der Waals surface area contributed by atoms with Gasteiger partial charge in [0.2, 0.25) is 5.90 Å². The van der Waals surface area contributed by atoms with Gasteiger partial charge in [-0.3, -0.25) is 0 Å². The molecule has 146 valence electrons. The van der Waals surface area contributed by atoms with Gasteiger partial charge in [-0.1, -0.05) is 43.4 Å². The molecular formula is C24H22FN3O. The Hall–Kier alpha value is -3.39. The van der Waals surface area contributed by atoms with Crippen molar-refractivity contribution in [1.82, 2.24) is 4.90 Å². The minimum absolute atomic E-state index is 0.0268. The third-order valence-corrected chi connectivity index (χ3v) is 5.39. The van der Waals surface area contributed by atoms with Crippen molar-refractivity contribution in [3.8, 4) is 6.07 Å². The number of methoxy groups -OCH3 is 1. The highest BCUT2D eigenvalue weighted by molar-refractivity contribution is 5.94. The summed E-state index contributed by atoms with van der Waals surface area (Å²) < 4.78 is 20.2. The molecule has 1 aromatic rings. The minimum Gasteiger partial charge on any atom is -0.480 e. The molecule has 4 rings (SSSR count). The molecule has 0 amide bonds. The minimum atomic E-state index is -0.282. The second-order valence-electron chi connectivity index (χ2n) is 7.33. The van der Waals surface area contributed by atoms with Crippen LogP contribution in [-0.2, 0) is 4.74 Å². The summed E-state index contributed by atoms with van der Waals surface area (Å²) in [6, 6.07) is 9.31. The second-order valence-corrected chi connectivity index (χ2v) is 7.33. The van der Waals surface area contributed by atoms with Gasteiger partial charge in [0.1, 0.15) is 11.5 Å². The van der Waals surface area contributed by atoms with Crippen LogP contribution in [0.3, 0.4) is 0 Å². The molecule has 0 bridgehead atoms. The Bertz CT molecular complexity index is 1050. The lowest BCUT2D eigenvalue weighted by Crippen LogP contribution is -2.28. The standard InChI is InChI=1S/C24H22FN3O/c1-16-7-10-22-24(29-2)27-11-12-28(22)23(13-16)17-8-9-21(25)20(14-17)19-6-4-3-5-18(19)15-26/h3-6,9-14,16-17H,7-8H2,1-2H3. The molecule has 0 saturated carbocycles. The van der Waals surface area contributed by atoms with Crippen molar-refractivity contribution in [2.24, 2.45) is 16.8 Å². The van der Waals surface area contributed by atoms with E-state index in [-0.39, 0.29) is 11.7 Å². The molecule has 2 heterocycles. The predicted octanol–water partition coefficient (Wildman–Crippen LogP) is 5.45. The first kappa shape index (κ1) is 18.9. The Morgan fingerprint density at radius 3 is 2.83 bits per heavy atom. The van der Waals surface area contributed by atoms with Crippen LogP contribution in [0.2, 0.25) is 0 Å². The van der Waals surface area contributed by atoms with Gasteiger partial charge in [0.25, 0.3) is 0 Å². The monoisotopic (exact) mass is 387 g/mol. The molecule has 4 nitrogen and oxygen atoms in total. The summed E-state index contributed by atoms with van der Waals surface area (Å²) in [5.41, 5.74) is 3.55. The zero-order valence-electron chi connectivity index (χ0n) is 16.5. The molecule has 1 aromatic carbocycles. The molecule has 0 saturated heterocycles. The first-order valence-electron chi connectivity index (χ1n) is 9.69. The number of fused-ring (bicyclic) bond motifs is 1. The van der Waals surface area contributed by atoms with E-state index in [9.17, 15) is 9.65 Å². The normalized spacial score (nSPS) is 23.5. The second kappa shape index (κ2) is 7.92. The van der Waals surface area contributed by atoms with Gasteiger partial charge in [0.05, 0.1) is 18.7 Å². The average Bonchev–Trinajstić information content (AvgIpc) is 2.93. The molecule has 29 heavy (non-hydrogen) atoms. The molecule has 2 aliphatic heterocycles. The van der Waals surface area contributed by atoms with Crippen LogP contribution in [-0.4, -0.2) is 17.9 Å². The molecule has 0 aromatic heterocycles. The van der Waals surface area contributed by atoms with Gasteiger partial charge >= 0.3 is 0 Å². The summed E-state index contributed by atoms with van der Waals surface area (Å²) in [5.74, 6) is 0.592. The van der Waals surface area contributed by atoms with Crippen molar-refractivity contribution < 1.29 is 9.13 Å². The third kappa shape index (κ3) is 3.54. The van der Waals surface area contributed by atoms with E-state index in [0.29, 0.717) is 34.9 Å². The van der Waals surface area contributed by atoms with E-state index < -0.39 is 0 Å². The number of halogens is 1. The van der Waals surface area contributed by atoms with Crippen LogP contribution in [0.4, 0.5) is 4.39 Å². The summed E-state index contributed by atoms with van der Waals surface area (Å²) in [5, 5.41) is 9.45. The lowest BCUT2D eigenvalue weighted by molar-refractivity contribution is 0.381. The van der Waals surface area contributed by atoms with Gasteiger partial charge in [-0.2, -0.15) is 5.26 Å². The average molecular weight is 387 g/mol. The van der Waals surface area contributed by atoms with Crippen molar-refractivity contribution in [3.05, 3.63) is 89.3 Å². The van der Waals surface area contributed by atoms with Crippen molar-refractivity contribution in [2.45, 2.75) is 19.8 Å². The van der Waals surface area contributed by atoms with Crippen LogP contribution in [0, 0.1) is 23.2 Å². The quantitative estimate of drug-likeness (QED) is 0.677. The fraction of sp³-hybridized carbons (Fsp3) is 0.250. The zero-order chi connectivity index (χ0) is 20.4. The lowest BCUT2D eigenvalue weighted by Gasteiger charge is -2.32. The summed E-state index contributed by atoms with van der Waals surface area (Å²) in [4.78, 5) is 6.41. The molecule has 0 N–H and O–H groups in total. The van der Waals surface area contributed by atoms with Crippen LogP contribution in [0.15, 0.2) is 83.2 Å². The van der Waals surface area contributed by atoms with Crippen molar-refractivity contribution in [2.75, 3.05) is 7.11 Å². The van der Waals surface area contributed by atoms with E-state index in [1.54, 1.807) is 37.6 Å². The number of ether oxygens (including phenoxy) is 1. The number of hydrogen-bond acceptors (Lipinski definition) is 4. The fourth-order valence-electron chi connectivity index (χ4n) is 3.95. The highest BCUT2D eigenvalue weighted by Crippen LogP contribution is 2.39. The molecule has 3 aliphatic rings.